The van der Waals surface area contributed by atoms with Crippen molar-refractivity contribution in [2.24, 2.45) is 0 Å². The molecule has 1 aliphatic carbocycles. The predicted octanol–water partition coefficient (Wildman–Crippen LogP) is 2.62. The van der Waals surface area contributed by atoms with Gasteiger partial charge < -0.3 is 5.11 Å². The third-order valence-electron chi connectivity index (χ3n) is 3.37. The fraction of sp³-hybridized carbons (Fsp3) is 0.643. The van der Waals surface area contributed by atoms with Gasteiger partial charge in [0.25, 0.3) is 0 Å². The van der Waals surface area contributed by atoms with E-state index in [1.165, 1.54) is 17.7 Å². The second kappa shape index (κ2) is 5.50. The molecule has 0 aromatic carbocycles. The molecule has 1 atom stereocenters. The molecule has 0 spiro atoms. The van der Waals surface area contributed by atoms with Crippen LogP contribution >= 0.6 is 0 Å². The molecule has 0 saturated carbocycles. The minimum absolute atomic E-state index is 0.244. The Morgan fingerprint density at radius 1 is 1.47 bits per heavy atom. The van der Waals surface area contributed by atoms with Gasteiger partial charge in [0.2, 0.25) is 0 Å². The van der Waals surface area contributed by atoms with Crippen LogP contribution < -0.4 is 0 Å². The number of aromatic nitrogens is 2. The molecular formula is C14H22N2O. The summed E-state index contributed by atoms with van der Waals surface area (Å²) in [5.41, 5.74) is 3.71. The zero-order valence-corrected chi connectivity index (χ0v) is 10.8. The number of allylic oxidation sites excluding steroid dienone is 1. The Hall–Kier alpha value is -1.09. The monoisotopic (exact) mass is 234 g/mol. The quantitative estimate of drug-likeness (QED) is 0.816. The molecule has 3 nitrogen and oxygen atoms in total. The fourth-order valence-corrected chi connectivity index (χ4v) is 2.54. The first-order chi connectivity index (χ1) is 8.19. The van der Waals surface area contributed by atoms with Gasteiger partial charge in [-0.05, 0) is 39.2 Å². The van der Waals surface area contributed by atoms with Gasteiger partial charge in [0, 0.05) is 18.7 Å². The van der Waals surface area contributed by atoms with Crippen LogP contribution in [0.25, 0.3) is 0 Å². The standard InChI is InChI=1S/C14H22N2O/c1-3-16-13(8-11(2)15-16)9-12-6-4-5-7-14(17)10-12/h8,10,14,17H,3-7,9H2,1-2H3. The van der Waals surface area contributed by atoms with Gasteiger partial charge in [-0.1, -0.05) is 18.1 Å². The summed E-state index contributed by atoms with van der Waals surface area (Å²) in [7, 11) is 0. The van der Waals surface area contributed by atoms with E-state index in [9.17, 15) is 5.11 Å². The van der Waals surface area contributed by atoms with E-state index in [1.807, 2.05) is 6.92 Å². The minimum Gasteiger partial charge on any atom is -0.389 e. The maximum atomic E-state index is 9.77. The van der Waals surface area contributed by atoms with E-state index in [2.05, 4.69) is 28.8 Å². The molecule has 3 heteroatoms. The molecule has 1 N–H and O–H groups in total. The summed E-state index contributed by atoms with van der Waals surface area (Å²) in [6.07, 6.45) is 7.10. The van der Waals surface area contributed by atoms with E-state index < -0.39 is 0 Å². The minimum atomic E-state index is -0.244. The molecule has 0 saturated heterocycles. The Bertz CT molecular complexity index is 406. The van der Waals surface area contributed by atoms with Crippen LogP contribution in [0.2, 0.25) is 0 Å². The van der Waals surface area contributed by atoms with Gasteiger partial charge in [0.1, 0.15) is 0 Å². The van der Waals surface area contributed by atoms with Crippen LogP contribution in [-0.2, 0) is 13.0 Å². The second-order valence-corrected chi connectivity index (χ2v) is 4.91. The van der Waals surface area contributed by atoms with Crippen LogP contribution in [0.4, 0.5) is 0 Å². The predicted molar refractivity (Wildman–Crippen MR) is 68.9 cm³/mol. The first-order valence-electron chi connectivity index (χ1n) is 6.60. The largest absolute Gasteiger partial charge is 0.389 e. The summed E-state index contributed by atoms with van der Waals surface area (Å²) in [6, 6.07) is 2.15. The van der Waals surface area contributed by atoms with Crippen molar-refractivity contribution in [1.29, 1.82) is 0 Å². The first-order valence-corrected chi connectivity index (χ1v) is 6.60. The van der Waals surface area contributed by atoms with Gasteiger partial charge >= 0.3 is 0 Å². The Labute approximate surface area is 103 Å². The van der Waals surface area contributed by atoms with Crippen LogP contribution in [0.15, 0.2) is 17.7 Å². The molecule has 0 radical (unpaired) electrons. The van der Waals surface area contributed by atoms with Crippen LogP contribution in [0.1, 0.15) is 44.0 Å². The normalized spacial score (nSPS) is 21.1. The first kappa shape index (κ1) is 12.4. The molecule has 1 aromatic rings. The zero-order valence-electron chi connectivity index (χ0n) is 10.8. The van der Waals surface area contributed by atoms with Crippen LogP contribution in [0.5, 0.6) is 0 Å². The Balaban J connectivity index is 2.13. The molecule has 1 unspecified atom stereocenters. The maximum Gasteiger partial charge on any atom is 0.0723 e. The van der Waals surface area contributed by atoms with Crippen molar-refractivity contribution in [2.45, 2.75) is 58.6 Å². The van der Waals surface area contributed by atoms with Crippen molar-refractivity contribution >= 4 is 0 Å². The third kappa shape index (κ3) is 3.19. The summed E-state index contributed by atoms with van der Waals surface area (Å²) in [4.78, 5) is 0. The molecule has 0 amide bonds. The molecule has 94 valence electrons. The number of rotatable bonds is 3. The number of hydrogen-bond acceptors (Lipinski definition) is 2. The Kier molecular flexibility index (Phi) is 4.00. The fourth-order valence-electron chi connectivity index (χ4n) is 2.54. The smallest absolute Gasteiger partial charge is 0.0723 e. The highest BCUT2D eigenvalue weighted by Crippen LogP contribution is 2.21. The highest BCUT2D eigenvalue weighted by atomic mass is 16.3. The van der Waals surface area contributed by atoms with Crippen molar-refractivity contribution in [1.82, 2.24) is 9.78 Å². The van der Waals surface area contributed by atoms with Crippen molar-refractivity contribution in [3.63, 3.8) is 0 Å². The lowest BCUT2D eigenvalue weighted by Gasteiger charge is -2.08. The Morgan fingerprint density at radius 2 is 2.29 bits per heavy atom. The van der Waals surface area contributed by atoms with Gasteiger partial charge in [-0.2, -0.15) is 5.10 Å². The van der Waals surface area contributed by atoms with Crippen molar-refractivity contribution < 1.29 is 5.11 Å². The van der Waals surface area contributed by atoms with E-state index in [4.69, 9.17) is 0 Å². The van der Waals surface area contributed by atoms with E-state index >= 15 is 0 Å². The van der Waals surface area contributed by atoms with Gasteiger partial charge in [-0.25, -0.2) is 0 Å². The Morgan fingerprint density at radius 3 is 3.06 bits per heavy atom. The van der Waals surface area contributed by atoms with E-state index in [0.717, 1.165) is 37.9 Å². The van der Waals surface area contributed by atoms with Crippen molar-refractivity contribution in [3.8, 4) is 0 Å². The van der Waals surface area contributed by atoms with Crippen LogP contribution in [0, 0.1) is 6.92 Å². The maximum absolute atomic E-state index is 9.77. The molecule has 2 rings (SSSR count). The second-order valence-electron chi connectivity index (χ2n) is 4.91. The lowest BCUT2D eigenvalue weighted by molar-refractivity contribution is 0.211. The van der Waals surface area contributed by atoms with E-state index in [1.54, 1.807) is 0 Å². The third-order valence-corrected chi connectivity index (χ3v) is 3.37. The number of aliphatic hydroxyl groups excluding tert-OH is 1. The average Bonchev–Trinajstić information content (AvgIpc) is 2.50. The van der Waals surface area contributed by atoms with E-state index in [0.29, 0.717) is 0 Å². The molecule has 0 fully saturated rings. The van der Waals surface area contributed by atoms with Gasteiger partial charge in [0.05, 0.1) is 11.8 Å². The number of hydrogen-bond donors (Lipinski definition) is 1. The van der Waals surface area contributed by atoms with Crippen molar-refractivity contribution in [3.05, 3.63) is 29.1 Å². The summed E-state index contributed by atoms with van der Waals surface area (Å²) >= 11 is 0. The number of nitrogens with zero attached hydrogens (tertiary/aromatic N) is 2. The van der Waals surface area contributed by atoms with Gasteiger partial charge in [0.15, 0.2) is 0 Å². The molecule has 1 heterocycles. The lowest BCUT2D eigenvalue weighted by Crippen LogP contribution is -2.05. The molecule has 1 aliphatic rings. The van der Waals surface area contributed by atoms with Crippen molar-refractivity contribution in [2.75, 3.05) is 0 Å². The summed E-state index contributed by atoms with van der Waals surface area (Å²) < 4.78 is 2.06. The number of aryl methyl sites for hydroxylation is 2. The summed E-state index contributed by atoms with van der Waals surface area (Å²) in [5.74, 6) is 0. The molecule has 0 bridgehead atoms. The topological polar surface area (TPSA) is 38.0 Å². The number of aliphatic hydroxyl groups is 1. The van der Waals surface area contributed by atoms with E-state index in [-0.39, 0.29) is 6.10 Å². The SMILES string of the molecule is CCn1nc(C)cc1CC1=CC(O)CCCC1. The van der Waals surface area contributed by atoms with Crippen LogP contribution in [-0.4, -0.2) is 21.0 Å². The lowest BCUT2D eigenvalue weighted by atomic mass is 10.0. The molecule has 1 aromatic heterocycles. The molecule has 17 heavy (non-hydrogen) atoms. The van der Waals surface area contributed by atoms with Crippen LogP contribution in [0.3, 0.4) is 0 Å². The molecular weight excluding hydrogens is 212 g/mol. The average molecular weight is 234 g/mol. The van der Waals surface area contributed by atoms with Gasteiger partial charge in [-0.3, -0.25) is 4.68 Å². The molecule has 0 aliphatic heterocycles. The highest BCUT2D eigenvalue weighted by Gasteiger charge is 2.12. The van der Waals surface area contributed by atoms with Gasteiger partial charge in [-0.15, -0.1) is 0 Å². The summed E-state index contributed by atoms with van der Waals surface area (Å²) in [6.45, 7) is 5.07. The zero-order chi connectivity index (χ0) is 12.3. The summed E-state index contributed by atoms with van der Waals surface area (Å²) in [5, 5.41) is 14.2. The highest BCUT2D eigenvalue weighted by molar-refractivity contribution is 5.19.